The molecular formula is C11H19NO9S2. The van der Waals surface area contributed by atoms with E-state index in [0.717, 1.165) is 0 Å². The molecule has 10 nitrogen and oxygen atoms in total. The molecule has 0 bridgehead atoms. The summed E-state index contributed by atoms with van der Waals surface area (Å²) >= 11 is 0.702. The van der Waals surface area contributed by atoms with Crippen molar-refractivity contribution in [1.29, 1.82) is 0 Å². The fraction of sp³-hybridized carbons (Fsp3) is 0.727. The van der Waals surface area contributed by atoms with Crippen molar-refractivity contribution in [2.45, 2.75) is 43.2 Å². The number of thioether (sulfide) groups is 1. The number of oxime groups is 1. The molecule has 134 valence electrons. The minimum Gasteiger partial charge on any atom is -0.394 e. The Labute approximate surface area is 137 Å². The van der Waals surface area contributed by atoms with Gasteiger partial charge in [-0.3, -0.25) is 4.55 Å². The number of allylic oxidation sites excluding steroid dienone is 1. The number of hydrogen-bond acceptors (Lipinski definition) is 10. The predicted octanol–water partition coefficient (Wildman–Crippen LogP) is -1.38. The van der Waals surface area contributed by atoms with Crippen LogP contribution in [-0.4, -0.2) is 74.9 Å². The third-order valence-corrected chi connectivity index (χ3v) is 4.16. The number of hydrogen-bond donors (Lipinski definition) is 5. The summed E-state index contributed by atoms with van der Waals surface area (Å²) in [6.07, 6.45) is -5.68. The summed E-state index contributed by atoms with van der Waals surface area (Å²) in [4.78, 5) is 0. The SMILES string of the molecule is C=C(C)C/C(=N\OS(=O)(=O)O)S[C@H]1O[C@@H](CO)[C@H](O)[C@@H](O)[C@H]1O. The first-order valence-corrected chi connectivity index (χ1v) is 8.64. The highest BCUT2D eigenvalue weighted by Crippen LogP contribution is 2.30. The highest BCUT2D eigenvalue weighted by Gasteiger charge is 2.44. The second-order valence-corrected chi connectivity index (χ2v) is 7.11. The summed E-state index contributed by atoms with van der Waals surface area (Å²) in [6, 6.07) is 0. The van der Waals surface area contributed by atoms with E-state index in [4.69, 9.17) is 14.4 Å². The van der Waals surface area contributed by atoms with Crippen molar-refractivity contribution < 1.29 is 42.4 Å². The van der Waals surface area contributed by atoms with Gasteiger partial charge in [-0.25, -0.2) is 4.28 Å². The predicted molar refractivity (Wildman–Crippen MR) is 80.9 cm³/mol. The molecular weight excluding hydrogens is 354 g/mol. The van der Waals surface area contributed by atoms with Gasteiger partial charge in [0.25, 0.3) is 0 Å². The molecule has 0 aliphatic carbocycles. The molecule has 0 aromatic rings. The van der Waals surface area contributed by atoms with Gasteiger partial charge >= 0.3 is 10.4 Å². The summed E-state index contributed by atoms with van der Waals surface area (Å²) < 4.78 is 38.9. The van der Waals surface area contributed by atoms with Crippen LogP contribution >= 0.6 is 11.8 Å². The van der Waals surface area contributed by atoms with Crippen LogP contribution in [-0.2, 0) is 19.4 Å². The Kier molecular flexibility index (Phi) is 7.41. The molecule has 0 unspecified atom stereocenters. The molecule has 23 heavy (non-hydrogen) atoms. The Bertz CT molecular complexity index is 548. The van der Waals surface area contributed by atoms with Gasteiger partial charge in [-0.1, -0.05) is 29.1 Å². The molecule has 1 aliphatic rings. The van der Waals surface area contributed by atoms with Crippen molar-refractivity contribution in [2.75, 3.05) is 6.61 Å². The molecule has 0 saturated carbocycles. The molecule has 1 fully saturated rings. The van der Waals surface area contributed by atoms with Gasteiger partial charge in [-0.2, -0.15) is 8.42 Å². The van der Waals surface area contributed by atoms with Crippen molar-refractivity contribution >= 4 is 27.2 Å². The zero-order valence-electron chi connectivity index (χ0n) is 12.1. The Hall–Kier alpha value is -0.730. The van der Waals surface area contributed by atoms with E-state index in [0.29, 0.717) is 17.3 Å². The van der Waals surface area contributed by atoms with Gasteiger partial charge in [-0.15, -0.1) is 0 Å². The Morgan fingerprint density at radius 3 is 2.39 bits per heavy atom. The van der Waals surface area contributed by atoms with Crippen molar-refractivity contribution in [3.05, 3.63) is 12.2 Å². The average Bonchev–Trinajstić information content (AvgIpc) is 2.44. The largest absolute Gasteiger partial charge is 0.466 e. The highest BCUT2D eigenvalue weighted by atomic mass is 32.3. The lowest BCUT2D eigenvalue weighted by Crippen LogP contribution is -2.57. The molecule has 0 spiro atoms. The number of ether oxygens (including phenoxy) is 1. The van der Waals surface area contributed by atoms with Crippen LogP contribution in [0.15, 0.2) is 17.3 Å². The summed E-state index contributed by atoms with van der Waals surface area (Å²) in [5.41, 5.74) is -0.589. The number of aliphatic hydroxyl groups is 4. The first-order chi connectivity index (χ1) is 10.5. The second-order valence-electron chi connectivity index (χ2n) is 4.94. The minimum absolute atomic E-state index is 0.0144. The lowest BCUT2D eigenvalue weighted by atomic mass is 10.0. The van der Waals surface area contributed by atoms with Crippen LogP contribution < -0.4 is 0 Å². The molecule has 5 N–H and O–H groups in total. The molecule has 12 heteroatoms. The van der Waals surface area contributed by atoms with E-state index in [1.54, 1.807) is 6.92 Å². The second kappa shape index (κ2) is 8.39. The molecule has 1 heterocycles. The van der Waals surface area contributed by atoms with Gasteiger partial charge < -0.3 is 25.2 Å². The Balaban J connectivity index is 2.90. The molecule has 1 aliphatic heterocycles. The minimum atomic E-state index is -4.81. The van der Waals surface area contributed by atoms with E-state index < -0.39 is 46.9 Å². The first-order valence-electron chi connectivity index (χ1n) is 6.39. The third kappa shape index (κ3) is 6.35. The third-order valence-electron chi connectivity index (χ3n) is 2.79. The molecule has 1 saturated heterocycles. The van der Waals surface area contributed by atoms with Gasteiger partial charge in [0.15, 0.2) is 0 Å². The number of rotatable bonds is 6. The molecule has 0 aromatic heterocycles. The van der Waals surface area contributed by atoms with Crippen LogP contribution in [0.4, 0.5) is 0 Å². The van der Waals surface area contributed by atoms with Crippen molar-refractivity contribution in [3.8, 4) is 0 Å². The van der Waals surface area contributed by atoms with E-state index in [-0.39, 0.29) is 11.5 Å². The van der Waals surface area contributed by atoms with E-state index >= 15 is 0 Å². The van der Waals surface area contributed by atoms with E-state index in [2.05, 4.69) is 16.0 Å². The van der Waals surface area contributed by atoms with Crippen molar-refractivity contribution in [2.24, 2.45) is 5.16 Å². The first kappa shape index (κ1) is 20.3. The normalized spacial score (nSPS) is 32.6. The highest BCUT2D eigenvalue weighted by molar-refractivity contribution is 8.14. The number of nitrogens with zero attached hydrogens (tertiary/aromatic N) is 1. The van der Waals surface area contributed by atoms with Crippen LogP contribution in [0.5, 0.6) is 0 Å². The molecule has 0 aromatic carbocycles. The topological polar surface area (TPSA) is 166 Å². The monoisotopic (exact) mass is 373 g/mol. The maximum atomic E-state index is 10.6. The maximum Gasteiger partial charge on any atom is 0.466 e. The standard InChI is InChI=1S/C11H19NO9S2/c1-5(2)3-7(12-21-23(17,18)19)22-11-10(16)9(15)8(14)6(4-13)20-11/h6,8-11,13-16H,1,3-4H2,2H3,(H,17,18,19)/b12-7+/t6-,8-,9+,10+,11+/m0/s1. The van der Waals surface area contributed by atoms with Crippen LogP contribution in [0.1, 0.15) is 13.3 Å². The zero-order valence-corrected chi connectivity index (χ0v) is 13.8. The van der Waals surface area contributed by atoms with Gasteiger partial charge in [0.2, 0.25) is 0 Å². The lowest BCUT2D eigenvalue weighted by Gasteiger charge is -2.39. The van der Waals surface area contributed by atoms with Gasteiger partial charge in [-0.05, 0) is 6.92 Å². The molecule has 1 rings (SSSR count). The van der Waals surface area contributed by atoms with Gasteiger partial charge in [0, 0.05) is 6.42 Å². The quantitative estimate of drug-likeness (QED) is 0.123. The number of aliphatic hydroxyl groups excluding tert-OH is 4. The van der Waals surface area contributed by atoms with Gasteiger partial charge in [0.1, 0.15) is 34.9 Å². The average molecular weight is 373 g/mol. The van der Waals surface area contributed by atoms with Gasteiger partial charge in [0.05, 0.1) is 6.61 Å². The fourth-order valence-electron chi connectivity index (χ4n) is 1.74. The summed E-state index contributed by atoms with van der Waals surface area (Å²) in [6.45, 7) is 4.64. The summed E-state index contributed by atoms with van der Waals surface area (Å²) in [7, 11) is -4.81. The Morgan fingerprint density at radius 2 is 1.91 bits per heavy atom. The molecule has 5 atom stereocenters. The van der Waals surface area contributed by atoms with Crippen molar-refractivity contribution in [1.82, 2.24) is 0 Å². The molecule has 0 amide bonds. The van der Waals surface area contributed by atoms with E-state index in [9.17, 15) is 23.7 Å². The van der Waals surface area contributed by atoms with Crippen LogP contribution in [0.25, 0.3) is 0 Å². The zero-order chi connectivity index (χ0) is 17.8. The lowest BCUT2D eigenvalue weighted by molar-refractivity contribution is -0.205. The molecule has 0 radical (unpaired) electrons. The summed E-state index contributed by atoms with van der Waals surface area (Å²) in [5.74, 6) is 0. The van der Waals surface area contributed by atoms with Crippen LogP contribution in [0.3, 0.4) is 0 Å². The fourth-order valence-corrected chi connectivity index (χ4v) is 3.15. The summed E-state index contributed by atoms with van der Waals surface area (Å²) in [5, 5.41) is 41.6. The van der Waals surface area contributed by atoms with Crippen LogP contribution in [0.2, 0.25) is 0 Å². The van der Waals surface area contributed by atoms with E-state index in [1.165, 1.54) is 0 Å². The Morgan fingerprint density at radius 1 is 1.30 bits per heavy atom. The van der Waals surface area contributed by atoms with E-state index in [1.807, 2.05) is 0 Å². The van der Waals surface area contributed by atoms with Crippen molar-refractivity contribution in [3.63, 3.8) is 0 Å². The maximum absolute atomic E-state index is 10.6. The smallest absolute Gasteiger partial charge is 0.394 e. The van der Waals surface area contributed by atoms with Crippen LogP contribution in [0, 0.1) is 0 Å².